The number of ketones is 1. The van der Waals surface area contributed by atoms with Crippen LogP contribution in [-0.4, -0.2) is 29.4 Å². The van der Waals surface area contributed by atoms with Gasteiger partial charge in [-0.05, 0) is 18.3 Å². The van der Waals surface area contributed by atoms with E-state index in [2.05, 4.69) is 0 Å². The van der Waals surface area contributed by atoms with Gasteiger partial charge in [-0.2, -0.15) is 0 Å². The maximum Gasteiger partial charge on any atom is 0.341 e. The Labute approximate surface area is 105 Å². The number of fused-ring (bicyclic) bond motifs is 2. The van der Waals surface area contributed by atoms with E-state index in [1.807, 2.05) is 20.8 Å². The highest BCUT2D eigenvalue weighted by atomic mass is 16.6. The first-order chi connectivity index (χ1) is 8.17. The van der Waals surface area contributed by atoms with E-state index in [0.29, 0.717) is 12.8 Å². The van der Waals surface area contributed by atoms with E-state index in [4.69, 9.17) is 9.84 Å². The van der Waals surface area contributed by atoms with Crippen molar-refractivity contribution in [1.82, 2.24) is 0 Å². The number of carboxylic acid groups (broad SMARTS) is 1. The topological polar surface area (TPSA) is 80.7 Å². The molecule has 18 heavy (non-hydrogen) atoms. The summed E-state index contributed by atoms with van der Waals surface area (Å²) in [7, 11) is 0. The Balaban J connectivity index is 2.30. The highest BCUT2D eigenvalue weighted by Gasteiger charge is 2.73. The Morgan fingerprint density at radius 3 is 2.28 bits per heavy atom. The second-order valence-electron chi connectivity index (χ2n) is 6.11. The van der Waals surface area contributed by atoms with Crippen molar-refractivity contribution in [3.8, 4) is 0 Å². The summed E-state index contributed by atoms with van der Waals surface area (Å²) in [5, 5.41) is 8.56. The average Bonchev–Trinajstić information content (AvgIpc) is 2.56. The monoisotopic (exact) mass is 254 g/mol. The van der Waals surface area contributed by atoms with Gasteiger partial charge in [0.25, 0.3) is 0 Å². The first kappa shape index (κ1) is 13.1. The lowest BCUT2D eigenvalue weighted by molar-refractivity contribution is -0.167. The van der Waals surface area contributed by atoms with Crippen molar-refractivity contribution in [2.45, 2.75) is 40.0 Å². The molecule has 2 unspecified atom stereocenters. The first-order valence-electron chi connectivity index (χ1n) is 6.10. The normalized spacial score (nSPS) is 36.7. The molecule has 0 aromatic heterocycles. The summed E-state index contributed by atoms with van der Waals surface area (Å²) >= 11 is 0. The molecule has 0 amide bonds. The summed E-state index contributed by atoms with van der Waals surface area (Å²) in [6.07, 6.45) is 1.44. The molecule has 0 spiro atoms. The zero-order chi connectivity index (χ0) is 13.8. The molecule has 2 fully saturated rings. The molecule has 2 aliphatic carbocycles. The van der Waals surface area contributed by atoms with Crippen LogP contribution >= 0.6 is 0 Å². The molecule has 2 rings (SSSR count). The predicted octanol–water partition coefficient (Wildman–Crippen LogP) is 1.40. The van der Waals surface area contributed by atoms with Gasteiger partial charge in [0.2, 0.25) is 0 Å². The Kier molecular flexibility index (Phi) is 2.58. The van der Waals surface area contributed by atoms with Gasteiger partial charge in [0.1, 0.15) is 5.78 Å². The zero-order valence-corrected chi connectivity index (χ0v) is 10.9. The molecular formula is C13H18O5. The summed E-state index contributed by atoms with van der Waals surface area (Å²) < 4.78 is 4.85. The fraction of sp³-hybridized carbons (Fsp3) is 0.769. The van der Waals surface area contributed by atoms with Crippen LogP contribution in [0.2, 0.25) is 0 Å². The van der Waals surface area contributed by atoms with Gasteiger partial charge in [-0.3, -0.25) is 9.59 Å². The summed E-state index contributed by atoms with van der Waals surface area (Å²) in [6, 6.07) is 0. The van der Waals surface area contributed by atoms with E-state index < -0.39 is 34.8 Å². The molecule has 0 aliphatic heterocycles. The number of esters is 1. The number of Topliss-reactive ketones (excluding diaryl/α,β-unsaturated/α-hetero) is 1. The van der Waals surface area contributed by atoms with Gasteiger partial charge in [0, 0.05) is 11.8 Å². The summed E-state index contributed by atoms with van der Waals surface area (Å²) in [5.74, 6) is -1.63. The van der Waals surface area contributed by atoms with Gasteiger partial charge >= 0.3 is 11.9 Å². The molecule has 5 heteroatoms. The highest BCUT2D eigenvalue weighted by molar-refractivity contribution is 5.98. The Hall–Kier alpha value is -1.39. The summed E-state index contributed by atoms with van der Waals surface area (Å²) in [6.45, 7) is 5.08. The lowest BCUT2D eigenvalue weighted by Crippen LogP contribution is -2.42. The smallest absolute Gasteiger partial charge is 0.341 e. The first-order valence-corrected chi connectivity index (χ1v) is 6.10. The molecule has 100 valence electrons. The maximum atomic E-state index is 12.2. The number of carbonyl (C=O) groups is 3. The van der Waals surface area contributed by atoms with Crippen molar-refractivity contribution in [3.63, 3.8) is 0 Å². The van der Waals surface area contributed by atoms with E-state index in [0.717, 1.165) is 0 Å². The molecule has 0 heterocycles. The number of hydrogen-bond donors (Lipinski definition) is 1. The number of hydrogen-bond acceptors (Lipinski definition) is 4. The number of carbonyl (C=O) groups excluding carboxylic acids is 2. The molecule has 2 bridgehead atoms. The van der Waals surface area contributed by atoms with Crippen LogP contribution in [0.5, 0.6) is 0 Å². The van der Waals surface area contributed by atoms with Crippen LogP contribution in [0.1, 0.15) is 40.0 Å². The van der Waals surface area contributed by atoms with Crippen molar-refractivity contribution in [1.29, 1.82) is 0 Å². The Bertz CT molecular complexity index is 439. The van der Waals surface area contributed by atoms with Gasteiger partial charge in [0.15, 0.2) is 6.61 Å². The largest absolute Gasteiger partial charge is 0.479 e. The quantitative estimate of drug-likeness (QED) is 0.770. The summed E-state index contributed by atoms with van der Waals surface area (Å²) in [5.41, 5.74) is -1.81. The maximum absolute atomic E-state index is 12.2. The van der Waals surface area contributed by atoms with Crippen molar-refractivity contribution >= 4 is 17.7 Å². The van der Waals surface area contributed by atoms with Crippen LogP contribution in [0.25, 0.3) is 0 Å². The summed E-state index contributed by atoms with van der Waals surface area (Å²) in [4.78, 5) is 34.8. The third-order valence-corrected chi connectivity index (χ3v) is 5.42. The minimum Gasteiger partial charge on any atom is -0.479 e. The molecule has 0 aromatic carbocycles. The fourth-order valence-electron chi connectivity index (χ4n) is 3.58. The number of rotatable bonds is 3. The lowest BCUT2D eigenvalue weighted by Gasteiger charge is -2.37. The minimum atomic E-state index is -1.18. The third-order valence-electron chi connectivity index (χ3n) is 5.42. The molecular weight excluding hydrogens is 236 g/mol. The Morgan fingerprint density at radius 1 is 1.28 bits per heavy atom. The molecule has 1 N–H and O–H groups in total. The predicted molar refractivity (Wildman–Crippen MR) is 61.8 cm³/mol. The van der Waals surface area contributed by atoms with E-state index in [1.54, 1.807) is 0 Å². The van der Waals surface area contributed by atoms with Gasteiger partial charge in [-0.1, -0.05) is 20.8 Å². The van der Waals surface area contributed by atoms with Gasteiger partial charge in [0.05, 0.1) is 5.41 Å². The molecule has 2 saturated carbocycles. The second kappa shape index (κ2) is 3.56. The standard InChI is InChI=1S/C13H18O5/c1-11(2)12(3)4-5-13(11,6-8(12)14)10(17)18-7-9(15)16/h4-7H2,1-3H3,(H,15,16). The van der Waals surface area contributed by atoms with Crippen molar-refractivity contribution in [2.75, 3.05) is 6.61 Å². The number of ether oxygens (including phenoxy) is 1. The van der Waals surface area contributed by atoms with Crippen LogP contribution in [0.4, 0.5) is 0 Å². The van der Waals surface area contributed by atoms with Crippen molar-refractivity contribution in [2.24, 2.45) is 16.2 Å². The van der Waals surface area contributed by atoms with Crippen molar-refractivity contribution in [3.05, 3.63) is 0 Å². The molecule has 0 saturated heterocycles. The van der Waals surface area contributed by atoms with E-state index in [1.165, 1.54) is 0 Å². The molecule has 0 radical (unpaired) electrons. The number of aliphatic carboxylic acids is 1. The molecule has 0 aromatic rings. The van der Waals surface area contributed by atoms with Gasteiger partial charge in [-0.25, -0.2) is 4.79 Å². The Morgan fingerprint density at radius 2 is 1.89 bits per heavy atom. The molecule has 2 atom stereocenters. The van der Waals surface area contributed by atoms with Crippen LogP contribution in [0.15, 0.2) is 0 Å². The minimum absolute atomic E-state index is 0.0889. The van der Waals surface area contributed by atoms with Crippen LogP contribution in [0.3, 0.4) is 0 Å². The van der Waals surface area contributed by atoms with Crippen LogP contribution < -0.4 is 0 Å². The zero-order valence-electron chi connectivity index (χ0n) is 10.9. The van der Waals surface area contributed by atoms with Gasteiger partial charge < -0.3 is 9.84 Å². The van der Waals surface area contributed by atoms with E-state index in [-0.39, 0.29) is 12.2 Å². The average molecular weight is 254 g/mol. The van der Waals surface area contributed by atoms with Crippen LogP contribution in [-0.2, 0) is 19.1 Å². The number of carboxylic acids is 1. The molecule has 2 aliphatic rings. The SMILES string of the molecule is CC12CCC(C(=O)OCC(=O)O)(CC1=O)C2(C)C. The van der Waals surface area contributed by atoms with E-state index >= 15 is 0 Å². The van der Waals surface area contributed by atoms with Crippen LogP contribution in [0, 0.1) is 16.2 Å². The third kappa shape index (κ3) is 1.30. The molecule has 5 nitrogen and oxygen atoms in total. The van der Waals surface area contributed by atoms with Gasteiger partial charge in [-0.15, -0.1) is 0 Å². The lowest BCUT2D eigenvalue weighted by atomic mass is 9.65. The van der Waals surface area contributed by atoms with E-state index in [9.17, 15) is 14.4 Å². The highest BCUT2D eigenvalue weighted by Crippen LogP contribution is 2.70. The van der Waals surface area contributed by atoms with Crippen molar-refractivity contribution < 1.29 is 24.2 Å². The second-order valence-corrected chi connectivity index (χ2v) is 6.11. The fourth-order valence-corrected chi connectivity index (χ4v) is 3.58.